The Morgan fingerprint density at radius 2 is 2.30 bits per heavy atom. The molecule has 112 valence electrons. The third kappa shape index (κ3) is 4.16. The first-order chi connectivity index (χ1) is 9.60. The molecule has 1 aliphatic carbocycles. The third-order valence-corrected chi connectivity index (χ3v) is 5.69. The molecule has 1 aliphatic rings. The van der Waals surface area contributed by atoms with Crippen LogP contribution in [0.25, 0.3) is 0 Å². The summed E-state index contributed by atoms with van der Waals surface area (Å²) in [5, 5.41) is 2.14. The van der Waals surface area contributed by atoms with Crippen LogP contribution >= 0.6 is 11.3 Å². The summed E-state index contributed by atoms with van der Waals surface area (Å²) in [6.07, 6.45) is 5.33. The van der Waals surface area contributed by atoms with Crippen LogP contribution in [0.3, 0.4) is 0 Å². The molecule has 0 N–H and O–H groups in total. The molecule has 3 heteroatoms. The van der Waals surface area contributed by atoms with Gasteiger partial charge in [-0.15, -0.1) is 11.3 Å². The molecule has 2 rings (SSSR count). The zero-order valence-electron chi connectivity index (χ0n) is 13.0. The van der Waals surface area contributed by atoms with Gasteiger partial charge in [-0.3, -0.25) is 4.79 Å². The van der Waals surface area contributed by atoms with Crippen LogP contribution in [0.2, 0.25) is 0 Å². The zero-order chi connectivity index (χ0) is 14.5. The number of rotatable bonds is 6. The minimum absolute atomic E-state index is 0.268. The van der Waals surface area contributed by atoms with Crippen LogP contribution < -0.4 is 0 Å². The maximum atomic E-state index is 12.1. The fourth-order valence-corrected chi connectivity index (χ4v) is 3.98. The standard InChI is InChI=1S/C17H27NOS/c1-4-14-7-8-17(19)15(11-14)12-18(3)13(2)10-16-6-5-9-20-16/h5-6,9,13-15H,4,7-8,10-12H2,1-3H3. The Kier molecular flexibility index (Phi) is 5.79. The summed E-state index contributed by atoms with van der Waals surface area (Å²) in [7, 11) is 2.17. The molecule has 2 nitrogen and oxygen atoms in total. The SMILES string of the molecule is CCC1CCC(=O)C(CN(C)C(C)Cc2cccs2)C1. The number of ketones is 1. The van der Waals surface area contributed by atoms with Crippen molar-refractivity contribution in [2.45, 2.75) is 52.0 Å². The fourth-order valence-electron chi connectivity index (χ4n) is 3.15. The maximum Gasteiger partial charge on any atom is 0.137 e. The molecular weight excluding hydrogens is 266 g/mol. The van der Waals surface area contributed by atoms with Gasteiger partial charge in [0.2, 0.25) is 0 Å². The Bertz CT molecular complexity index is 415. The topological polar surface area (TPSA) is 20.3 Å². The lowest BCUT2D eigenvalue weighted by molar-refractivity contribution is -0.126. The maximum absolute atomic E-state index is 12.1. The molecule has 0 bridgehead atoms. The number of carbonyl (C=O) groups is 1. The largest absolute Gasteiger partial charge is 0.303 e. The summed E-state index contributed by atoms with van der Waals surface area (Å²) in [6.45, 7) is 5.45. The number of Topliss-reactive ketones (excluding diaryl/α,β-unsaturated/α-hetero) is 1. The predicted molar refractivity (Wildman–Crippen MR) is 86.2 cm³/mol. The van der Waals surface area contributed by atoms with E-state index in [4.69, 9.17) is 0 Å². The van der Waals surface area contributed by atoms with Crippen molar-refractivity contribution < 1.29 is 4.79 Å². The minimum atomic E-state index is 0.268. The monoisotopic (exact) mass is 293 g/mol. The smallest absolute Gasteiger partial charge is 0.137 e. The third-order valence-electron chi connectivity index (χ3n) is 4.79. The highest BCUT2D eigenvalue weighted by Gasteiger charge is 2.29. The van der Waals surface area contributed by atoms with Gasteiger partial charge >= 0.3 is 0 Å². The average molecular weight is 293 g/mol. The van der Waals surface area contributed by atoms with Gasteiger partial charge in [-0.1, -0.05) is 19.4 Å². The van der Waals surface area contributed by atoms with E-state index < -0.39 is 0 Å². The van der Waals surface area contributed by atoms with Gasteiger partial charge in [0.05, 0.1) is 0 Å². The molecule has 1 aromatic rings. The van der Waals surface area contributed by atoms with Crippen LogP contribution in [-0.4, -0.2) is 30.3 Å². The Balaban J connectivity index is 1.85. The van der Waals surface area contributed by atoms with Gasteiger partial charge in [0, 0.05) is 29.8 Å². The second-order valence-electron chi connectivity index (χ2n) is 6.28. The molecule has 1 heterocycles. The molecule has 20 heavy (non-hydrogen) atoms. The van der Waals surface area contributed by atoms with Gasteiger partial charge in [0.25, 0.3) is 0 Å². The van der Waals surface area contributed by atoms with Gasteiger partial charge in [0.15, 0.2) is 0 Å². The Labute approximate surface area is 127 Å². The summed E-state index contributed by atoms with van der Waals surface area (Å²) in [5.41, 5.74) is 0. The van der Waals surface area contributed by atoms with E-state index in [0.717, 1.165) is 38.1 Å². The molecule has 3 unspecified atom stereocenters. The van der Waals surface area contributed by atoms with E-state index in [1.165, 1.54) is 11.3 Å². The lowest BCUT2D eigenvalue weighted by atomic mass is 9.79. The van der Waals surface area contributed by atoms with Crippen molar-refractivity contribution in [3.05, 3.63) is 22.4 Å². The van der Waals surface area contributed by atoms with Gasteiger partial charge in [0.1, 0.15) is 5.78 Å². The van der Waals surface area contributed by atoms with E-state index in [-0.39, 0.29) is 5.92 Å². The van der Waals surface area contributed by atoms with Gasteiger partial charge in [-0.05, 0) is 50.6 Å². The van der Waals surface area contributed by atoms with E-state index >= 15 is 0 Å². The molecular formula is C17H27NOS. The first-order valence-electron chi connectivity index (χ1n) is 7.85. The molecule has 0 radical (unpaired) electrons. The zero-order valence-corrected chi connectivity index (χ0v) is 13.8. The van der Waals surface area contributed by atoms with E-state index in [2.05, 4.69) is 43.3 Å². The van der Waals surface area contributed by atoms with Crippen LogP contribution in [0.4, 0.5) is 0 Å². The number of likely N-dealkylation sites (N-methyl/N-ethyl adjacent to an activating group) is 1. The number of hydrogen-bond acceptors (Lipinski definition) is 3. The van der Waals surface area contributed by atoms with Gasteiger partial charge < -0.3 is 4.90 Å². The predicted octanol–water partition coefficient (Wildman–Crippen LogP) is 4.01. The lowest BCUT2D eigenvalue weighted by Gasteiger charge is -2.33. The van der Waals surface area contributed by atoms with Crippen molar-refractivity contribution in [3.8, 4) is 0 Å². The molecule has 3 atom stereocenters. The normalized spacial score (nSPS) is 25.1. The molecule has 0 spiro atoms. The average Bonchev–Trinajstić information content (AvgIpc) is 2.94. The minimum Gasteiger partial charge on any atom is -0.303 e. The van der Waals surface area contributed by atoms with Crippen molar-refractivity contribution in [2.75, 3.05) is 13.6 Å². The molecule has 1 fully saturated rings. The second kappa shape index (κ2) is 7.37. The molecule has 0 aliphatic heterocycles. The van der Waals surface area contributed by atoms with Crippen molar-refractivity contribution >= 4 is 17.1 Å². The second-order valence-corrected chi connectivity index (χ2v) is 7.32. The quantitative estimate of drug-likeness (QED) is 0.790. The van der Waals surface area contributed by atoms with Gasteiger partial charge in [-0.2, -0.15) is 0 Å². The fraction of sp³-hybridized carbons (Fsp3) is 0.706. The molecule has 0 saturated heterocycles. The number of hydrogen-bond donors (Lipinski definition) is 0. The van der Waals surface area contributed by atoms with Crippen LogP contribution in [0, 0.1) is 11.8 Å². The first kappa shape index (κ1) is 15.7. The van der Waals surface area contributed by atoms with Crippen molar-refractivity contribution in [1.29, 1.82) is 0 Å². The van der Waals surface area contributed by atoms with Crippen LogP contribution in [0.5, 0.6) is 0 Å². The summed E-state index contributed by atoms with van der Waals surface area (Å²) in [6, 6.07) is 4.82. The molecule has 0 amide bonds. The summed E-state index contributed by atoms with van der Waals surface area (Å²) >= 11 is 1.83. The molecule has 1 saturated carbocycles. The van der Waals surface area contributed by atoms with Gasteiger partial charge in [-0.25, -0.2) is 0 Å². The Hall–Kier alpha value is -0.670. The highest BCUT2D eigenvalue weighted by Crippen LogP contribution is 2.29. The summed E-state index contributed by atoms with van der Waals surface area (Å²) < 4.78 is 0. The van der Waals surface area contributed by atoms with Crippen LogP contribution in [-0.2, 0) is 11.2 Å². The highest BCUT2D eigenvalue weighted by molar-refractivity contribution is 7.09. The lowest BCUT2D eigenvalue weighted by Crippen LogP contribution is -2.39. The first-order valence-corrected chi connectivity index (χ1v) is 8.73. The molecule has 1 aromatic heterocycles. The van der Waals surface area contributed by atoms with E-state index in [1.807, 2.05) is 11.3 Å². The van der Waals surface area contributed by atoms with Crippen LogP contribution in [0.1, 0.15) is 44.4 Å². The highest BCUT2D eigenvalue weighted by atomic mass is 32.1. The Morgan fingerprint density at radius 3 is 2.95 bits per heavy atom. The number of nitrogens with zero attached hydrogens (tertiary/aromatic N) is 1. The van der Waals surface area contributed by atoms with E-state index in [0.29, 0.717) is 11.8 Å². The van der Waals surface area contributed by atoms with Crippen LogP contribution in [0.15, 0.2) is 17.5 Å². The molecule has 0 aromatic carbocycles. The summed E-state index contributed by atoms with van der Waals surface area (Å²) in [4.78, 5) is 15.9. The Morgan fingerprint density at radius 1 is 1.50 bits per heavy atom. The van der Waals surface area contributed by atoms with Crippen molar-refractivity contribution in [2.24, 2.45) is 11.8 Å². The summed E-state index contributed by atoms with van der Waals surface area (Å²) in [5.74, 6) is 1.52. The number of thiophene rings is 1. The van der Waals surface area contributed by atoms with E-state index in [1.54, 1.807) is 0 Å². The van der Waals surface area contributed by atoms with Crippen molar-refractivity contribution in [1.82, 2.24) is 4.90 Å². The number of carbonyl (C=O) groups excluding carboxylic acids is 1. The van der Waals surface area contributed by atoms with E-state index in [9.17, 15) is 4.79 Å². The van der Waals surface area contributed by atoms with Crippen molar-refractivity contribution in [3.63, 3.8) is 0 Å².